The monoisotopic (exact) mass is 316 g/mol. The molecule has 2 rings (SSSR count). The maximum Gasteiger partial charge on any atom is 0.349 e. The third-order valence-electron chi connectivity index (χ3n) is 2.82. The second kappa shape index (κ2) is 5.75. The fourth-order valence-corrected chi connectivity index (χ4v) is 1.93. The third-order valence-corrected chi connectivity index (χ3v) is 2.82. The Balaban J connectivity index is 2.46. The molecule has 0 aliphatic carbocycles. The lowest BCUT2D eigenvalue weighted by Crippen LogP contribution is -2.17. The first-order valence-electron chi connectivity index (χ1n) is 6.04. The zero-order chi connectivity index (χ0) is 16.6. The maximum absolute atomic E-state index is 13.5. The van der Waals surface area contributed by atoms with Crippen LogP contribution in [-0.4, -0.2) is 5.97 Å². The summed E-state index contributed by atoms with van der Waals surface area (Å²) in [6.07, 6.45) is 0. The van der Waals surface area contributed by atoms with E-state index in [1.165, 1.54) is 12.1 Å². The molecule has 22 heavy (non-hydrogen) atoms. The van der Waals surface area contributed by atoms with Crippen molar-refractivity contribution in [3.63, 3.8) is 0 Å². The minimum absolute atomic E-state index is 0.0635. The summed E-state index contributed by atoms with van der Waals surface area (Å²) in [6.45, 7) is 3.37. The van der Waals surface area contributed by atoms with Crippen LogP contribution in [-0.2, 0) is 0 Å². The Kier molecular flexibility index (Phi) is 4.16. The van der Waals surface area contributed by atoms with Gasteiger partial charge in [0.2, 0.25) is 5.82 Å². The molecule has 116 valence electrons. The van der Waals surface area contributed by atoms with Gasteiger partial charge in [-0.2, -0.15) is 0 Å². The largest absolute Gasteiger partial charge is 0.423 e. The number of carbonyl (C=O) groups is 1. The van der Waals surface area contributed by atoms with Gasteiger partial charge in [-0.1, -0.05) is 6.07 Å². The first kappa shape index (κ1) is 15.9. The zero-order valence-corrected chi connectivity index (χ0v) is 11.4. The number of hydrogen-bond donors (Lipinski definition) is 0. The molecule has 0 saturated heterocycles. The topological polar surface area (TPSA) is 26.3 Å². The van der Waals surface area contributed by atoms with E-state index in [-0.39, 0.29) is 5.75 Å². The van der Waals surface area contributed by atoms with E-state index in [1.54, 1.807) is 19.9 Å². The second-order valence-corrected chi connectivity index (χ2v) is 4.66. The van der Waals surface area contributed by atoms with Gasteiger partial charge in [0.1, 0.15) is 11.3 Å². The average molecular weight is 316 g/mol. The molecule has 0 aliphatic heterocycles. The van der Waals surface area contributed by atoms with Crippen LogP contribution in [0, 0.1) is 42.9 Å². The van der Waals surface area contributed by atoms with Crippen LogP contribution in [0.3, 0.4) is 0 Å². The van der Waals surface area contributed by atoms with Gasteiger partial charge in [0, 0.05) is 0 Å². The average Bonchev–Trinajstić information content (AvgIpc) is 2.42. The highest BCUT2D eigenvalue weighted by Crippen LogP contribution is 2.25. The van der Waals surface area contributed by atoms with Gasteiger partial charge < -0.3 is 4.74 Å². The number of ether oxygens (including phenoxy) is 1. The Morgan fingerprint density at radius 2 is 1.18 bits per heavy atom. The smallest absolute Gasteiger partial charge is 0.349 e. The molecule has 0 heterocycles. The minimum atomic E-state index is -2.34. The van der Waals surface area contributed by atoms with Crippen molar-refractivity contribution in [1.29, 1.82) is 0 Å². The molecular formula is C15H9F5O2. The van der Waals surface area contributed by atoms with Crippen LogP contribution < -0.4 is 4.74 Å². The number of rotatable bonds is 2. The van der Waals surface area contributed by atoms with Gasteiger partial charge in [0.05, 0.1) is 0 Å². The van der Waals surface area contributed by atoms with E-state index in [2.05, 4.69) is 0 Å². The van der Waals surface area contributed by atoms with Crippen LogP contribution in [0.25, 0.3) is 0 Å². The Morgan fingerprint density at radius 3 is 1.64 bits per heavy atom. The summed E-state index contributed by atoms with van der Waals surface area (Å²) in [5.41, 5.74) is -0.240. The summed E-state index contributed by atoms with van der Waals surface area (Å²) in [7, 11) is 0. The molecule has 0 aliphatic rings. The predicted octanol–water partition coefficient (Wildman–Crippen LogP) is 4.22. The standard InChI is InChI=1S/C15H9F5O2/c1-6-3-7(2)5-8(4-6)22-15(21)9-10(16)12(18)14(20)13(19)11(9)17/h3-5H,1-2H3. The normalized spacial score (nSPS) is 10.7. The van der Waals surface area contributed by atoms with Gasteiger partial charge in [0.25, 0.3) is 0 Å². The lowest BCUT2D eigenvalue weighted by Gasteiger charge is -2.09. The van der Waals surface area contributed by atoms with Crippen LogP contribution >= 0.6 is 0 Å². The van der Waals surface area contributed by atoms with E-state index < -0.39 is 40.6 Å². The molecule has 0 fully saturated rings. The molecule has 2 aromatic carbocycles. The van der Waals surface area contributed by atoms with Crippen LogP contribution in [0.4, 0.5) is 22.0 Å². The van der Waals surface area contributed by atoms with E-state index in [1.807, 2.05) is 0 Å². The Labute approximate surface area is 122 Å². The van der Waals surface area contributed by atoms with Crippen molar-refractivity contribution in [3.05, 3.63) is 64.0 Å². The molecule has 0 amide bonds. The highest BCUT2D eigenvalue weighted by Gasteiger charge is 2.31. The van der Waals surface area contributed by atoms with E-state index in [0.29, 0.717) is 11.1 Å². The summed E-state index contributed by atoms with van der Waals surface area (Å²) in [6, 6.07) is 4.52. The highest BCUT2D eigenvalue weighted by molar-refractivity contribution is 5.91. The summed E-state index contributed by atoms with van der Waals surface area (Å²) in [4.78, 5) is 11.7. The van der Waals surface area contributed by atoms with Gasteiger partial charge in [-0.3, -0.25) is 0 Å². The molecule has 7 heteroatoms. The van der Waals surface area contributed by atoms with Crippen LogP contribution in [0.2, 0.25) is 0 Å². The number of aryl methyl sites for hydroxylation is 2. The first-order chi connectivity index (χ1) is 10.2. The number of halogens is 5. The van der Waals surface area contributed by atoms with Crippen molar-refractivity contribution < 1.29 is 31.5 Å². The molecule has 0 bridgehead atoms. The van der Waals surface area contributed by atoms with Gasteiger partial charge in [-0.05, 0) is 37.1 Å². The minimum Gasteiger partial charge on any atom is -0.423 e. The summed E-state index contributed by atoms with van der Waals surface area (Å²) < 4.78 is 70.7. The van der Waals surface area contributed by atoms with E-state index >= 15 is 0 Å². The molecule has 0 aromatic heterocycles. The van der Waals surface area contributed by atoms with Crippen molar-refractivity contribution in [1.82, 2.24) is 0 Å². The Bertz CT molecular complexity index is 722. The molecule has 0 radical (unpaired) electrons. The molecule has 0 unspecified atom stereocenters. The van der Waals surface area contributed by atoms with Gasteiger partial charge >= 0.3 is 5.97 Å². The number of hydrogen-bond acceptors (Lipinski definition) is 2. The molecule has 0 spiro atoms. The van der Waals surface area contributed by atoms with Crippen LogP contribution in [0.5, 0.6) is 5.75 Å². The quantitative estimate of drug-likeness (QED) is 0.273. The molecule has 2 nitrogen and oxygen atoms in total. The predicted molar refractivity (Wildman–Crippen MR) is 67.1 cm³/mol. The van der Waals surface area contributed by atoms with E-state index in [0.717, 1.165) is 0 Å². The Morgan fingerprint density at radius 1 is 0.773 bits per heavy atom. The molecule has 0 saturated carbocycles. The maximum atomic E-state index is 13.5. The fourth-order valence-electron chi connectivity index (χ4n) is 1.93. The number of benzene rings is 2. The molecule has 0 atom stereocenters. The highest BCUT2D eigenvalue weighted by atomic mass is 19.2. The summed E-state index contributed by atoms with van der Waals surface area (Å²) in [5, 5.41) is 0. The van der Waals surface area contributed by atoms with Crippen molar-refractivity contribution in [2.24, 2.45) is 0 Å². The van der Waals surface area contributed by atoms with Crippen molar-refractivity contribution in [2.75, 3.05) is 0 Å². The van der Waals surface area contributed by atoms with E-state index in [9.17, 15) is 26.7 Å². The van der Waals surface area contributed by atoms with E-state index in [4.69, 9.17) is 4.74 Å². The van der Waals surface area contributed by atoms with Gasteiger partial charge in [-0.15, -0.1) is 0 Å². The first-order valence-corrected chi connectivity index (χ1v) is 6.04. The lowest BCUT2D eigenvalue weighted by molar-refractivity contribution is 0.0721. The third kappa shape index (κ3) is 2.79. The van der Waals surface area contributed by atoms with Crippen molar-refractivity contribution >= 4 is 5.97 Å². The van der Waals surface area contributed by atoms with Gasteiger partial charge in [0.15, 0.2) is 23.3 Å². The molecule has 0 N–H and O–H groups in total. The summed E-state index contributed by atoms with van der Waals surface area (Å²) in [5.74, 6) is -12.9. The van der Waals surface area contributed by atoms with Crippen molar-refractivity contribution in [3.8, 4) is 5.75 Å². The second-order valence-electron chi connectivity index (χ2n) is 4.66. The molecule has 2 aromatic rings. The fraction of sp³-hybridized carbons (Fsp3) is 0.133. The SMILES string of the molecule is Cc1cc(C)cc(OC(=O)c2c(F)c(F)c(F)c(F)c2F)c1. The van der Waals surface area contributed by atoms with Gasteiger partial charge in [-0.25, -0.2) is 26.7 Å². The number of carbonyl (C=O) groups excluding carboxylic acids is 1. The van der Waals surface area contributed by atoms with Crippen molar-refractivity contribution in [2.45, 2.75) is 13.8 Å². The number of esters is 1. The lowest BCUT2D eigenvalue weighted by atomic mass is 10.1. The zero-order valence-electron chi connectivity index (χ0n) is 11.4. The summed E-state index contributed by atoms with van der Waals surface area (Å²) >= 11 is 0. The molecular weight excluding hydrogens is 307 g/mol. The van der Waals surface area contributed by atoms with Crippen LogP contribution in [0.1, 0.15) is 21.5 Å². The Hall–Kier alpha value is -2.44. The van der Waals surface area contributed by atoms with Crippen LogP contribution in [0.15, 0.2) is 18.2 Å².